The van der Waals surface area contributed by atoms with Crippen molar-refractivity contribution in [1.82, 2.24) is 5.32 Å². The van der Waals surface area contributed by atoms with Crippen LogP contribution in [0.1, 0.15) is 23.1 Å². The molecule has 7 heteroatoms. The highest BCUT2D eigenvalue weighted by atomic mass is 16.5. The molecule has 2 amide bonds. The van der Waals surface area contributed by atoms with E-state index < -0.39 is 5.92 Å². The Morgan fingerprint density at radius 2 is 1.73 bits per heavy atom. The Bertz CT molecular complexity index is 957. The Morgan fingerprint density at radius 1 is 1.07 bits per heavy atom. The number of hydrogen-bond acceptors (Lipinski definition) is 5. The summed E-state index contributed by atoms with van der Waals surface area (Å²) in [6, 6.07) is 9.37. The third-order valence-corrected chi connectivity index (χ3v) is 5.60. The molecule has 160 valence electrons. The highest BCUT2D eigenvalue weighted by molar-refractivity contribution is 6.00. The van der Waals surface area contributed by atoms with Crippen LogP contribution in [0, 0.1) is 19.8 Å². The molecule has 3 rings (SSSR count). The highest BCUT2D eigenvalue weighted by Crippen LogP contribution is 2.35. The number of amides is 2. The van der Waals surface area contributed by atoms with Crippen molar-refractivity contribution < 1.29 is 23.8 Å². The van der Waals surface area contributed by atoms with E-state index in [0.29, 0.717) is 23.8 Å². The van der Waals surface area contributed by atoms with Crippen LogP contribution in [0.4, 0.5) is 5.69 Å². The molecule has 0 saturated carbocycles. The van der Waals surface area contributed by atoms with Crippen LogP contribution in [0.5, 0.6) is 17.2 Å². The van der Waals surface area contributed by atoms with Crippen molar-refractivity contribution in [3.63, 3.8) is 0 Å². The number of hydrogen-bond donors (Lipinski definition) is 1. The summed E-state index contributed by atoms with van der Waals surface area (Å²) in [7, 11) is 4.67. The molecule has 30 heavy (non-hydrogen) atoms. The first kappa shape index (κ1) is 21.5. The van der Waals surface area contributed by atoms with Gasteiger partial charge in [0.05, 0.1) is 27.2 Å². The van der Waals surface area contributed by atoms with E-state index in [1.807, 2.05) is 32.0 Å². The van der Waals surface area contributed by atoms with Gasteiger partial charge in [0.2, 0.25) is 11.8 Å². The molecule has 1 unspecified atom stereocenters. The van der Waals surface area contributed by atoms with Gasteiger partial charge in [0.1, 0.15) is 5.75 Å². The molecule has 1 atom stereocenters. The fourth-order valence-electron chi connectivity index (χ4n) is 3.70. The number of carbonyl (C=O) groups excluding carboxylic acids is 2. The molecule has 0 aromatic heterocycles. The van der Waals surface area contributed by atoms with Gasteiger partial charge in [0.15, 0.2) is 11.5 Å². The van der Waals surface area contributed by atoms with E-state index >= 15 is 0 Å². The summed E-state index contributed by atoms with van der Waals surface area (Å²) in [5, 5.41) is 2.93. The van der Waals surface area contributed by atoms with Crippen LogP contribution in [-0.4, -0.2) is 39.7 Å². The Labute approximate surface area is 176 Å². The first-order valence-electron chi connectivity index (χ1n) is 9.82. The van der Waals surface area contributed by atoms with Crippen LogP contribution < -0.4 is 24.4 Å². The number of aryl methyl sites for hydroxylation is 1. The summed E-state index contributed by atoms with van der Waals surface area (Å²) in [5.74, 6) is 1.10. The van der Waals surface area contributed by atoms with E-state index in [9.17, 15) is 9.59 Å². The third kappa shape index (κ3) is 4.20. The molecule has 1 aliphatic heterocycles. The number of anilines is 1. The summed E-state index contributed by atoms with van der Waals surface area (Å²) >= 11 is 0. The van der Waals surface area contributed by atoms with Gasteiger partial charge < -0.3 is 24.4 Å². The highest BCUT2D eigenvalue weighted by Gasteiger charge is 2.35. The Kier molecular flexibility index (Phi) is 6.50. The van der Waals surface area contributed by atoms with Gasteiger partial charge in [-0.3, -0.25) is 9.59 Å². The molecule has 1 fully saturated rings. The van der Waals surface area contributed by atoms with Crippen molar-refractivity contribution in [2.24, 2.45) is 5.92 Å². The summed E-state index contributed by atoms with van der Waals surface area (Å²) in [6.45, 7) is 4.64. The second-order valence-corrected chi connectivity index (χ2v) is 7.36. The molecule has 7 nitrogen and oxygen atoms in total. The molecule has 1 N–H and O–H groups in total. The predicted octanol–water partition coefficient (Wildman–Crippen LogP) is 3.00. The first-order chi connectivity index (χ1) is 14.4. The van der Waals surface area contributed by atoms with Crippen LogP contribution in [0.3, 0.4) is 0 Å². The fraction of sp³-hybridized carbons (Fsp3) is 0.391. The molecule has 1 heterocycles. The van der Waals surface area contributed by atoms with E-state index in [4.69, 9.17) is 14.2 Å². The molecule has 0 bridgehead atoms. The maximum atomic E-state index is 12.8. The Hall–Kier alpha value is -3.22. The predicted molar refractivity (Wildman–Crippen MR) is 114 cm³/mol. The minimum absolute atomic E-state index is 0.0347. The molecule has 2 aromatic rings. The summed E-state index contributed by atoms with van der Waals surface area (Å²) in [4.78, 5) is 27.1. The minimum atomic E-state index is -0.399. The van der Waals surface area contributed by atoms with Crippen LogP contribution in [0.2, 0.25) is 0 Å². The normalized spacial score (nSPS) is 15.8. The van der Waals surface area contributed by atoms with E-state index in [1.165, 1.54) is 0 Å². The van der Waals surface area contributed by atoms with Crippen molar-refractivity contribution in [1.29, 1.82) is 0 Å². The molecule has 1 aliphatic rings. The molecule has 0 spiro atoms. The van der Waals surface area contributed by atoms with E-state index in [1.54, 1.807) is 38.4 Å². The number of benzene rings is 2. The van der Waals surface area contributed by atoms with Crippen molar-refractivity contribution in [2.75, 3.05) is 32.8 Å². The Morgan fingerprint density at radius 3 is 2.40 bits per heavy atom. The number of ether oxygens (including phenoxy) is 3. The zero-order chi connectivity index (χ0) is 21.8. The Balaban J connectivity index is 1.70. The second kappa shape index (κ2) is 9.07. The lowest BCUT2D eigenvalue weighted by atomic mass is 10.1. The van der Waals surface area contributed by atoms with Gasteiger partial charge in [-0.05, 0) is 37.1 Å². The van der Waals surface area contributed by atoms with Crippen molar-refractivity contribution in [2.45, 2.75) is 26.8 Å². The SMILES string of the molecule is COc1cc(OC)c(OC)cc1CNC(=O)C1CC(=O)N(c2cccc(C)c2C)C1. The van der Waals surface area contributed by atoms with Crippen LogP contribution in [-0.2, 0) is 16.1 Å². The lowest BCUT2D eigenvalue weighted by molar-refractivity contribution is -0.126. The van der Waals surface area contributed by atoms with Gasteiger partial charge in [-0.1, -0.05) is 12.1 Å². The topological polar surface area (TPSA) is 77.1 Å². The van der Waals surface area contributed by atoms with Crippen molar-refractivity contribution >= 4 is 17.5 Å². The van der Waals surface area contributed by atoms with Gasteiger partial charge in [-0.15, -0.1) is 0 Å². The number of nitrogens with zero attached hydrogens (tertiary/aromatic N) is 1. The van der Waals surface area contributed by atoms with Crippen molar-refractivity contribution in [3.05, 3.63) is 47.0 Å². The fourth-order valence-corrected chi connectivity index (χ4v) is 3.70. The average molecular weight is 412 g/mol. The minimum Gasteiger partial charge on any atom is -0.496 e. The number of nitrogens with one attached hydrogen (secondary N) is 1. The lowest BCUT2D eigenvalue weighted by Gasteiger charge is -2.20. The molecular formula is C23H28N2O5. The van der Waals surface area contributed by atoms with Gasteiger partial charge in [0, 0.05) is 36.8 Å². The van der Waals surface area contributed by atoms with Crippen molar-refractivity contribution in [3.8, 4) is 17.2 Å². The third-order valence-electron chi connectivity index (χ3n) is 5.60. The standard InChI is InChI=1S/C23H28N2O5/c1-14-7-6-8-18(15(14)2)25-13-17(10-22(25)26)23(27)24-12-16-9-20(29-4)21(30-5)11-19(16)28-3/h6-9,11,17H,10,12-13H2,1-5H3,(H,24,27). The largest absolute Gasteiger partial charge is 0.496 e. The summed E-state index contributed by atoms with van der Waals surface area (Å²) < 4.78 is 16.0. The van der Waals surface area contributed by atoms with Gasteiger partial charge in [0.25, 0.3) is 0 Å². The van der Waals surface area contributed by atoms with Gasteiger partial charge in [-0.25, -0.2) is 0 Å². The quantitative estimate of drug-likeness (QED) is 0.757. The second-order valence-electron chi connectivity index (χ2n) is 7.36. The lowest BCUT2D eigenvalue weighted by Crippen LogP contribution is -2.33. The monoisotopic (exact) mass is 412 g/mol. The average Bonchev–Trinajstić information content (AvgIpc) is 3.14. The van der Waals surface area contributed by atoms with E-state index in [2.05, 4.69) is 5.32 Å². The van der Waals surface area contributed by atoms with Crippen LogP contribution in [0.25, 0.3) is 0 Å². The number of methoxy groups -OCH3 is 3. The number of rotatable bonds is 7. The zero-order valence-corrected chi connectivity index (χ0v) is 18.1. The van der Waals surface area contributed by atoms with Gasteiger partial charge >= 0.3 is 0 Å². The summed E-state index contributed by atoms with van der Waals surface area (Å²) in [5.41, 5.74) is 3.81. The van der Waals surface area contributed by atoms with Crippen LogP contribution in [0.15, 0.2) is 30.3 Å². The molecule has 2 aromatic carbocycles. The smallest absolute Gasteiger partial charge is 0.227 e. The first-order valence-corrected chi connectivity index (χ1v) is 9.82. The zero-order valence-electron chi connectivity index (χ0n) is 18.1. The van der Waals surface area contributed by atoms with E-state index in [0.717, 1.165) is 22.4 Å². The molecule has 0 aliphatic carbocycles. The molecular weight excluding hydrogens is 384 g/mol. The van der Waals surface area contributed by atoms with Crippen LogP contribution >= 0.6 is 0 Å². The molecule has 0 radical (unpaired) electrons. The molecule has 1 saturated heterocycles. The summed E-state index contributed by atoms with van der Waals surface area (Å²) in [6.07, 6.45) is 0.197. The maximum absolute atomic E-state index is 12.8. The maximum Gasteiger partial charge on any atom is 0.227 e. The number of carbonyl (C=O) groups is 2. The van der Waals surface area contributed by atoms with E-state index in [-0.39, 0.29) is 24.8 Å². The van der Waals surface area contributed by atoms with Gasteiger partial charge in [-0.2, -0.15) is 0 Å².